The Morgan fingerprint density at radius 2 is 2.19 bits per heavy atom. The molecule has 1 saturated carbocycles. The van der Waals surface area contributed by atoms with Crippen LogP contribution in [0, 0.1) is 6.92 Å². The van der Waals surface area contributed by atoms with E-state index in [9.17, 15) is 14.4 Å². The topological polar surface area (TPSA) is 95.0 Å². The highest BCUT2D eigenvalue weighted by atomic mass is 16.2. The van der Waals surface area contributed by atoms with E-state index in [1.54, 1.807) is 0 Å². The molecule has 6 nitrogen and oxygen atoms in total. The third-order valence-corrected chi connectivity index (χ3v) is 3.31. The number of Topliss-reactive ketones (excluding diaryl/α,β-unsaturated/α-hetero) is 2. The zero-order valence-electron chi connectivity index (χ0n) is 16.1. The molecule has 1 aliphatic carbocycles. The van der Waals surface area contributed by atoms with Crippen LogP contribution < -0.4 is 11.3 Å². The molecule has 0 aliphatic heterocycles. The number of nitrogens with zero attached hydrogens (tertiary/aromatic N) is 2. The van der Waals surface area contributed by atoms with Gasteiger partial charge in [0.1, 0.15) is 11.6 Å². The van der Waals surface area contributed by atoms with E-state index in [0.29, 0.717) is 0 Å². The van der Waals surface area contributed by atoms with E-state index in [1.165, 1.54) is 19.1 Å². The molecule has 1 aromatic heterocycles. The first kappa shape index (κ1) is 8.71. The van der Waals surface area contributed by atoms with Crippen molar-refractivity contribution in [1.82, 2.24) is 9.55 Å². The monoisotopic (exact) mass is 290 g/mol. The van der Waals surface area contributed by atoms with E-state index in [2.05, 4.69) is 4.98 Å². The molecule has 0 bridgehead atoms. The van der Waals surface area contributed by atoms with E-state index in [-0.39, 0.29) is 28.5 Å². The number of hydrogen-bond acceptors (Lipinski definition) is 5. The number of carbonyl (C=O) groups is 2. The van der Waals surface area contributed by atoms with Crippen LogP contribution in [-0.2, 0) is 9.59 Å². The Bertz CT molecular complexity index is 1030. The number of aromatic nitrogens is 2. The van der Waals surface area contributed by atoms with Crippen LogP contribution in [0.5, 0.6) is 0 Å². The van der Waals surface area contributed by atoms with Crippen LogP contribution in [0.2, 0.25) is 0 Å². The molecule has 1 aliphatic rings. The summed E-state index contributed by atoms with van der Waals surface area (Å²) in [7, 11) is 0. The molecule has 21 heavy (non-hydrogen) atoms. The van der Waals surface area contributed by atoms with Crippen molar-refractivity contribution in [1.29, 1.82) is 0 Å². The number of rotatable bonds is 1. The van der Waals surface area contributed by atoms with Crippen LogP contribution in [0.3, 0.4) is 0 Å². The number of benzene rings is 1. The van der Waals surface area contributed by atoms with E-state index < -0.39 is 42.3 Å². The minimum Gasteiger partial charge on any atom is -0.398 e. The van der Waals surface area contributed by atoms with Crippen molar-refractivity contribution >= 4 is 28.2 Å². The van der Waals surface area contributed by atoms with Gasteiger partial charge in [0.05, 0.1) is 24.7 Å². The normalized spacial score (nSPS) is 27.5. The molecule has 3 rings (SSSR count). The Morgan fingerprint density at radius 1 is 1.43 bits per heavy atom. The molecule has 2 aromatic rings. The van der Waals surface area contributed by atoms with Crippen LogP contribution in [0.25, 0.3) is 10.9 Å². The molecule has 1 unspecified atom stereocenters. The van der Waals surface area contributed by atoms with Crippen LogP contribution in [0.15, 0.2) is 23.0 Å². The fourth-order valence-electron chi connectivity index (χ4n) is 2.36. The third-order valence-electron chi connectivity index (χ3n) is 3.31. The molecular weight excluding hydrogens is 270 g/mol. The SMILES string of the molecule is [2H]c1cc(N)c2c(=O)n(C3C(=O)CC(=O)C([2H])([2H])C3([2H])[2H])c(C)nc2c1. The number of nitrogen functional groups attached to an aromatic ring is 1. The highest BCUT2D eigenvalue weighted by Gasteiger charge is 2.30. The quantitative estimate of drug-likeness (QED) is 0.628. The maximum atomic E-state index is 13.0. The summed E-state index contributed by atoms with van der Waals surface area (Å²) < 4.78 is 40.1. The fraction of sp³-hybridized carbons (Fsp3) is 0.333. The molecule has 1 atom stereocenters. The van der Waals surface area contributed by atoms with Crippen LogP contribution in [0.1, 0.15) is 37.9 Å². The summed E-state index contributed by atoms with van der Waals surface area (Å²) in [6, 6.07) is 0.718. The van der Waals surface area contributed by atoms with Gasteiger partial charge in [-0.1, -0.05) is 6.04 Å². The smallest absolute Gasteiger partial charge is 0.264 e. The van der Waals surface area contributed by atoms with Crippen LogP contribution in [-0.4, -0.2) is 21.1 Å². The molecular formula is C15H15N3O3. The Balaban J connectivity index is 2.36. The molecule has 2 N–H and O–H groups in total. The third kappa shape index (κ3) is 2.12. The first-order valence-corrected chi connectivity index (χ1v) is 6.24. The molecule has 108 valence electrons. The molecule has 1 aromatic carbocycles. The second kappa shape index (κ2) is 4.80. The van der Waals surface area contributed by atoms with Crippen LogP contribution in [0.4, 0.5) is 5.69 Å². The van der Waals surface area contributed by atoms with Gasteiger partial charge in [-0.15, -0.1) is 0 Å². The summed E-state index contributed by atoms with van der Waals surface area (Å²) in [6.45, 7) is 1.36. The van der Waals surface area contributed by atoms with Crippen molar-refractivity contribution in [3.05, 3.63) is 34.4 Å². The van der Waals surface area contributed by atoms with Gasteiger partial charge in [-0.05, 0) is 25.4 Å². The molecule has 6 heteroatoms. The highest BCUT2D eigenvalue weighted by molar-refractivity contribution is 6.03. The standard InChI is InChI=1S/C15H15N3O3/c1-8-17-11-4-2-3-10(16)14(11)15(21)18(8)12-6-5-9(19)7-13(12)20/h2-4,12H,5-7,16H2,1H3/i2D,5D2,6D2. The number of aryl methyl sites for hydroxylation is 1. The summed E-state index contributed by atoms with van der Waals surface area (Å²) in [5.74, 6) is -2.11. The number of carbonyl (C=O) groups excluding carboxylic acids is 2. The lowest BCUT2D eigenvalue weighted by Crippen LogP contribution is -2.36. The minimum absolute atomic E-state index is 0.0325. The maximum absolute atomic E-state index is 13.0. The zero-order valence-corrected chi connectivity index (χ0v) is 11.1. The number of nitrogens with two attached hydrogens (primary N) is 1. The van der Waals surface area contributed by atoms with Gasteiger partial charge >= 0.3 is 0 Å². The maximum Gasteiger partial charge on any atom is 0.264 e. The molecule has 0 spiro atoms. The lowest BCUT2D eigenvalue weighted by Gasteiger charge is -2.24. The summed E-state index contributed by atoms with van der Waals surface area (Å²) in [6.07, 6.45) is -6.71. The van der Waals surface area contributed by atoms with E-state index >= 15 is 0 Å². The van der Waals surface area contributed by atoms with Gasteiger partial charge in [0, 0.05) is 17.5 Å². The van der Waals surface area contributed by atoms with Gasteiger partial charge in [-0.2, -0.15) is 0 Å². The van der Waals surface area contributed by atoms with Crippen molar-refractivity contribution < 1.29 is 16.4 Å². The lowest BCUT2D eigenvalue weighted by atomic mass is 9.92. The largest absolute Gasteiger partial charge is 0.398 e. The molecule has 0 saturated heterocycles. The van der Waals surface area contributed by atoms with E-state index in [0.717, 1.165) is 4.57 Å². The number of fused-ring (bicyclic) bond motifs is 1. The van der Waals surface area contributed by atoms with Crippen molar-refractivity contribution in [2.24, 2.45) is 0 Å². The molecule has 0 radical (unpaired) electrons. The summed E-state index contributed by atoms with van der Waals surface area (Å²) >= 11 is 0. The highest BCUT2D eigenvalue weighted by Crippen LogP contribution is 2.24. The van der Waals surface area contributed by atoms with Crippen molar-refractivity contribution in [3.63, 3.8) is 0 Å². The van der Waals surface area contributed by atoms with Gasteiger partial charge in [0.15, 0.2) is 5.78 Å². The predicted molar refractivity (Wildman–Crippen MR) is 78.1 cm³/mol. The van der Waals surface area contributed by atoms with Gasteiger partial charge in [0.2, 0.25) is 0 Å². The summed E-state index contributed by atoms with van der Waals surface area (Å²) in [4.78, 5) is 41.3. The minimum atomic E-state index is -2.95. The zero-order chi connectivity index (χ0) is 19.6. The first-order chi connectivity index (χ1) is 11.9. The Morgan fingerprint density at radius 3 is 2.95 bits per heavy atom. The van der Waals surface area contributed by atoms with Gasteiger partial charge in [-0.25, -0.2) is 4.98 Å². The molecule has 1 heterocycles. The van der Waals surface area contributed by atoms with Gasteiger partial charge < -0.3 is 5.73 Å². The van der Waals surface area contributed by atoms with Gasteiger partial charge in [-0.3, -0.25) is 19.0 Å². The fourth-order valence-corrected chi connectivity index (χ4v) is 2.36. The lowest BCUT2D eigenvalue weighted by molar-refractivity contribution is -0.132. The number of hydrogen-bond donors (Lipinski definition) is 1. The van der Waals surface area contributed by atoms with Gasteiger partial charge in [0.25, 0.3) is 5.56 Å². The number of ketones is 2. The van der Waals surface area contributed by atoms with E-state index in [4.69, 9.17) is 12.6 Å². The van der Waals surface area contributed by atoms with Crippen LogP contribution >= 0.6 is 0 Å². The van der Waals surface area contributed by atoms with Crippen molar-refractivity contribution in [2.75, 3.05) is 5.73 Å². The molecule has 1 fully saturated rings. The summed E-state index contributed by atoms with van der Waals surface area (Å²) in [5.41, 5.74) is 5.05. The average molecular weight is 290 g/mol. The average Bonchev–Trinajstić information content (AvgIpc) is 2.48. The van der Waals surface area contributed by atoms with Crippen molar-refractivity contribution in [3.8, 4) is 0 Å². The second-order valence-corrected chi connectivity index (χ2v) is 4.74. The summed E-state index contributed by atoms with van der Waals surface area (Å²) in [5, 5.41) is -0.0901. The first-order valence-electron chi connectivity index (χ1n) is 8.74. The Labute approximate surface area is 127 Å². The number of anilines is 1. The predicted octanol–water partition coefficient (Wildman–Crippen LogP) is 1.15. The Hall–Kier alpha value is -2.50. The van der Waals surface area contributed by atoms with E-state index in [1.807, 2.05) is 0 Å². The molecule has 0 amide bonds. The van der Waals surface area contributed by atoms with Crippen molar-refractivity contribution in [2.45, 2.75) is 32.1 Å². The Kier molecular flexibility index (Phi) is 1.99. The second-order valence-electron chi connectivity index (χ2n) is 4.74.